The monoisotopic (exact) mass is 454 g/mol. The van der Waals surface area contributed by atoms with Crippen molar-refractivity contribution in [2.75, 3.05) is 20.5 Å². The van der Waals surface area contributed by atoms with E-state index >= 15 is 0 Å². The molecular weight excluding hydrogens is 428 g/mol. The summed E-state index contributed by atoms with van der Waals surface area (Å²) in [4.78, 5) is 25.3. The maximum atomic E-state index is 13.1. The molecule has 2 N–H and O–H groups in total. The molecule has 2 aliphatic rings. The van der Waals surface area contributed by atoms with E-state index in [1.165, 1.54) is 0 Å². The van der Waals surface area contributed by atoms with Gasteiger partial charge in [0.15, 0.2) is 23.0 Å². The van der Waals surface area contributed by atoms with Crippen LogP contribution in [-0.4, -0.2) is 32.5 Å². The van der Waals surface area contributed by atoms with Gasteiger partial charge in [-0.25, -0.2) is 9.59 Å². The number of carbonyl (C=O) groups excluding carboxylic acids is 2. The number of carbonyl (C=O) groups is 2. The molecular formula is C24H26N2O7. The van der Waals surface area contributed by atoms with Gasteiger partial charge in [-0.05, 0) is 48.7 Å². The maximum Gasteiger partial charge on any atom is 0.338 e. The van der Waals surface area contributed by atoms with Crippen molar-refractivity contribution in [3.63, 3.8) is 0 Å². The summed E-state index contributed by atoms with van der Waals surface area (Å²) < 4.78 is 27.4. The second-order valence-corrected chi connectivity index (χ2v) is 7.59. The fraction of sp³-hybridized carbons (Fsp3) is 0.333. The van der Waals surface area contributed by atoms with Gasteiger partial charge in [-0.3, -0.25) is 0 Å². The first-order valence-corrected chi connectivity index (χ1v) is 10.6. The maximum absolute atomic E-state index is 13.1. The van der Waals surface area contributed by atoms with Gasteiger partial charge in [0.25, 0.3) is 0 Å². The van der Waals surface area contributed by atoms with Gasteiger partial charge in [0.1, 0.15) is 6.61 Å². The summed E-state index contributed by atoms with van der Waals surface area (Å²) in [5.41, 5.74) is 2.15. The smallest absolute Gasteiger partial charge is 0.338 e. The Kier molecular flexibility index (Phi) is 6.58. The number of allylic oxidation sites excluding steroid dienone is 1. The van der Waals surface area contributed by atoms with E-state index in [1.807, 2.05) is 6.92 Å². The molecule has 2 heterocycles. The van der Waals surface area contributed by atoms with Gasteiger partial charge in [-0.15, -0.1) is 0 Å². The van der Waals surface area contributed by atoms with Crippen LogP contribution >= 0.6 is 0 Å². The van der Waals surface area contributed by atoms with Crippen LogP contribution in [0, 0.1) is 0 Å². The fourth-order valence-corrected chi connectivity index (χ4v) is 3.67. The van der Waals surface area contributed by atoms with Crippen LogP contribution in [0.25, 0.3) is 0 Å². The normalized spacial score (nSPS) is 16.7. The second-order valence-electron chi connectivity index (χ2n) is 7.59. The predicted molar refractivity (Wildman–Crippen MR) is 118 cm³/mol. The van der Waals surface area contributed by atoms with Crippen LogP contribution in [0.4, 0.5) is 4.79 Å². The van der Waals surface area contributed by atoms with Crippen LogP contribution < -0.4 is 29.6 Å². The van der Waals surface area contributed by atoms with Crippen molar-refractivity contribution in [2.24, 2.45) is 0 Å². The minimum Gasteiger partial charge on any atom is -0.493 e. The van der Waals surface area contributed by atoms with E-state index in [-0.39, 0.29) is 13.4 Å². The van der Waals surface area contributed by atoms with Crippen LogP contribution in [-0.2, 0) is 16.1 Å². The van der Waals surface area contributed by atoms with Crippen molar-refractivity contribution < 1.29 is 33.3 Å². The average Bonchev–Trinajstić information content (AvgIpc) is 3.28. The molecule has 33 heavy (non-hydrogen) atoms. The number of ether oxygens (including phenoxy) is 5. The van der Waals surface area contributed by atoms with Gasteiger partial charge in [-0.1, -0.05) is 19.1 Å². The summed E-state index contributed by atoms with van der Waals surface area (Å²) in [5.74, 6) is 1.83. The molecule has 0 saturated carbocycles. The highest BCUT2D eigenvalue weighted by atomic mass is 16.7. The first-order chi connectivity index (χ1) is 16.0. The van der Waals surface area contributed by atoms with E-state index in [4.69, 9.17) is 23.7 Å². The zero-order valence-corrected chi connectivity index (χ0v) is 18.7. The molecule has 0 unspecified atom stereocenters. The standard InChI is InChI=1S/C24H26N2O7/c1-4-9-30-17-8-6-16(11-19(17)29-3)22-21(14(2)25-24(28)26-22)23(27)31-12-15-5-7-18-20(10-15)33-13-32-18/h5-8,10-11,22H,4,9,12-13H2,1-3H3,(H2,25,26,28)/t22-/m1/s1. The average molecular weight is 454 g/mol. The van der Waals surface area contributed by atoms with E-state index in [0.717, 1.165) is 12.0 Å². The lowest BCUT2D eigenvalue weighted by Gasteiger charge is -2.28. The minimum absolute atomic E-state index is 0.0417. The van der Waals surface area contributed by atoms with Crippen molar-refractivity contribution >= 4 is 12.0 Å². The summed E-state index contributed by atoms with van der Waals surface area (Å²) in [6.07, 6.45) is 0.858. The number of nitrogens with one attached hydrogen (secondary N) is 2. The fourth-order valence-electron chi connectivity index (χ4n) is 3.67. The molecule has 0 bridgehead atoms. The number of methoxy groups -OCH3 is 1. The van der Waals surface area contributed by atoms with Crippen molar-refractivity contribution in [2.45, 2.75) is 32.9 Å². The largest absolute Gasteiger partial charge is 0.493 e. The molecule has 0 radical (unpaired) electrons. The lowest BCUT2D eigenvalue weighted by Crippen LogP contribution is -2.45. The SMILES string of the molecule is CCCOc1ccc([C@H]2NC(=O)NC(C)=C2C(=O)OCc2ccc3c(c2)OCO3)cc1OC. The van der Waals surface area contributed by atoms with Crippen LogP contribution in [0.5, 0.6) is 23.0 Å². The molecule has 9 heteroatoms. The Morgan fingerprint density at radius 1 is 1.12 bits per heavy atom. The highest BCUT2D eigenvalue weighted by Crippen LogP contribution is 2.35. The van der Waals surface area contributed by atoms with E-state index < -0.39 is 18.0 Å². The molecule has 2 aromatic carbocycles. The van der Waals surface area contributed by atoms with E-state index in [0.29, 0.717) is 46.4 Å². The van der Waals surface area contributed by atoms with Crippen molar-refractivity contribution in [1.82, 2.24) is 10.6 Å². The van der Waals surface area contributed by atoms with Crippen molar-refractivity contribution in [3.8, 4) is 23.0 Å². The highest BCUT2D eigenvalue weighted by molar-refractivity contribution is 5.95. The van der Waals surface area contributed by atoms with E-state index in [9.17, 15) is 9.59 Å². The third-order valence-electron chi connectivity index (χ3n) is 5.28. The Hall–Kier alpha value is -3.88. The quantitative estimate of drug-likeness (QED) is 0.588. The molecule has 0 fully saturated rings. The van der Waals surface area contributed by atoms with Gasteiger partial charge < -0.3 is 34.3 Å². The van der Waals surface area contributed by atoms with Crippen LogP contribution in [0.15, 0.2) is 47.7 Å². The summed E-state index contributed by atoms with van der Waals surface area (Å²) >= 11 is 0. The first-order valence-electron chi connectivity index (χ1n) is 10.6. The van der Waals surface area contributed by atoms with E-state index in [1.54, 1.807) is 50.4 Å². The zero-order chi connectivity index (χ0) is 23.4. The number of benzene rings is 2. The molecule has 1 atom stereocenters. The number of esters is 1. The van der Waals surface area contributed by atoms with Crippen molar-refractivity contribution in [3.05, 3.63) is 58.8 Å². The van der Waals surface area contributed by atoms with Crippen LogP contribution in [0.2, 0.25) is 0 Å². The third-order valence-corrected chi connectivity index (χ3v) is 5.28. The summed E-state index contributed by atoms with van der Waals surface area (Å²) in [6, 6.07) is 9.54. The van der Waals surface area contributed by atoms with Gasteiger partial charge >= 0.3 is 12.0 Å². The lowest BCUT2D eigenvalue weighted by molar-refractivity contribution is -0.140. The molecule has 0 saturated heterocycles. The van der Waals surface area contributed by atoms with Gasteiger partial charge in [0.2, 0.25) is 6.79 Å². The van der Waals surface area contributed by atoms with Crippen LogP contribution in [0.3, 0.4) is 0 Å². The number of hydrogen-bond acceptors (Lipinski definition) is 7. The van der Waals surface area contributed by atoms with Gasteiger partial charge in [-0.2, -0.15) is 0 Å². The molecule has 0 aromatic heterocycles. The molecule has 9 nitrogen and oxygen atoms in total. The zero-order valence-electron chi connectivity index (χ0n) is 18.7. The number of hydrogen-bond donors (Lipinski definition) is 2. The second kappa shape index (κ2) is 9.72. The molecule has 2 aromatic rings. The minimum atomic E-state index is -0.711. The topological polar surface area (TPSA) is 104 Å². The lowest BCUT2D eigenvalue weighted by atomic mass is 9.95. The predicted octanol–water partition coefficient (Wildman–Crippen LogP) is 3.58. The molecule has 174 valence electrons. The van der Waals surface area contributed by atoms with Gasteiger partial charge in [0.05, 0.1) is 25.3 Å². The Morgan fingerprint density at radius 3 is 2.73 bits per heavy atom. The Balaban J connectivity index is 1.55. The van der Waals surface area contributed by atoms with E-state index in [2.05, 4.69) is 10.6 Å². The Labute approximate surface area is 191 Å². The van der Waals surface area contributed by atoms with Crippen molar-refractivity contribution in [1.29, 1.82) is 0 Å². The summed E-state index contributed by atoms with van der Waals surface area (Å²) in [7, 11) is 1.54. The molecule has 2 amide bonds. The first kappa shape index (κ1) is 22.3. The summed E-state index contributed by atoms with van der Waals surface area (Å²) in [6.45, 7) is 4.44. The van der Waals surface area contributed by atoms with Crippen LogP contribution in [0.1, 0.15) is 37.4 Å². The molecule has 4 rings (SSSR count). The molecule has 2 aliphatic heterocycles. The molecule has 0 aliphatic carbocycles. The highest BCUT2D eigenvalue weighted by Gasteiger charge is 2.33. The number of amides is 2. The molecule has 0 spiro atoms. The summed E-state index contributed by atoms with van der Waals surface area (Å²) in [5, 5.41) is 5.44. The number of fused-ring (bicyclic) bond motifs is 1. The Bertz CT molecular complexity index is 1100. The van der Waals surface area contributed by atoms with Gasteiger partial charge in [0, 0.05) is 5.70 Å². The number of urea groups is 1. The Morgan fingerprint density at radius 2 is 1.94 bits per heavy atom. The number of rotatable bonds is 8. The third kappa shape index (κ3) is 4.82.